The quantitative estimate of drug-likeness (QED) is 0.341. The van der Waals surface area contributed by atoms with Crippen molar-refractivity contribution in [2.75, 3.05) is 11.9 Å². The molecule has 3 aromatic carbocycles. The number of nitrogens with one attached hydrogen (secondary N) is 1. The summed E-state index contributed by atoms with van der Waals surface area (Å²) >= 11 is 5.13. The van der Waals surface area contributed by atoms with Crippen LogP contribution in [0.5, 0.6) is 5.75 Å². The number of halogens is 1. The molecule has 0 saturated carbocycles. The molecule has 146 valence electrons. The first kappa shape index (κ1) is 19.6. The van der Waals surface area contributed by atoms with Crippen molar-refractivity contribution in [1.82, 2.24) is 4.98 Å². The fourth-order valence-electron chi connectivity index (χ4n) is 2.93. The van der Waals surface area contributed by atoms with E-state index in [1.165, 1.54) is 0 Å². The fraction of sp³-hybridized carbons (Fsp3) is 0.130. The second-order valence-electron chi connectivity index (χ2n) is 6.51. The van der Waals surface area contributed by atoms with Crippen molar-refractivity contribution in [3.05, 3.63) is 76.8 Å². The fourth-order valence-corrected chi connectivity index (χ4v) is 4.29. The molecule has 4 rings (SSSR count). The van der Waals surface area contributed by atoms with E-state index in [4.69, 9.17) is 9.72 Å². The molecule has 29 heavy (non-hydrogen) atoms. The van der Waals surface area contributed by atoms with Crippen LogP contribution in [0.3, 0.4) is 0 Å². The maximum absolute atomic E-state index is 12.9. The zero-order valence-electron chi connectivity index (χ0n) is 15.8. The molecule has 1 N–H and O–H groups in total. The summed E-state index contributed by atoms with van der Waals surface area (Å²) in [6.07, 6.45) is 0.918. The van der Waals surface area contributed by atoms with Gasteiger partial charge in [0.2, 0.25) is 0 Å². The van der Waals surface area contributed by atoms with E-state index in [-0.39, 0.29) is 5.91 Å². The number of carbonyl (C=O) groups is 1. The van der Waals surface area contributed by atoms with Crippen LogP contribution in [0.25, 0.3) is 20.8 Å². The third-order valence-corrected chi connectivity index (χ3v) is 5.89. The summed E-state index contributed by atoms with van der Waals surface area (Å²) in [4.78, 5) is 17.6. The molecule has 0 aliphatic carbocycles. The van der Waals surface area contributed by atoms with Gasteiger partial charge in [0.1, 0.15) is 10.8 Å². The summed E-state index contributed by atoms with van der Waals surface area (Å²) in [5.41, 5.74) is 3.10. The Morgan fingerprint density at radius 3 is 2.79 bits per heavy atom. The molecule has 4 nitrogen and oxygen atoms in total. The lowest BCUT2D eigenvalue weighted by atomic mass is 10.1. The number of benzene rings is 3. The number of nitrogens with zero attached hydrogens (tertiary/aromatic N) is 1. The average Bonchev–Trinajstić information content (AvgIpc) is 3.18. The number of aromatic nitrogens is 1. The van der Waals surface area contributed by atoms with Crippen LogP contribution in [0.1, 0.15) is 23.7 Å². The van der Waals surface area contributed by atoms with Gasteiger partial charge in [0, 0.05) is 15.6 Å². The van der Waals surface area contributed by atoms with Crippen LogP contribution in [0.15, 0.2) is 71.2 Å². The third-order valence-electron chi connectivity index (χ3n) is 4.32. The number of para-hydroxylation sites is 1. The van der Waals surface area contributed by atoms with E-state index in [9.17, 15) is 4.79 Å². The minimum atomic E-state index is -0.184. The van der Waals surface area contributed by atoms with Crippen LogP contribution >= 0.6 is 27.3 Å². The molecule has 0 aliphatic heterocycles. The van der Waals surface area contributed by atoms with Gasteiger partial charge < -0.3 is 10.1 Å². The van der Waals surface area contributed by atoms with E-state index in [1.54, 1.807) is 23.5 Å². The van der Waals surface area contributed by atoms with E-state index in [0.717, 1.165) is 37.4 Å². The van der Waals surface area contributed by atoms with Crippen molar-refractivity contribution < 1.29 is 9.53 Å². The average molecular weight is 467 g/mol. The first-order valence-electron chi connectivity index (χ1n) is 9.34. The van der Waals surface area contributed by atoms with E-state index in [0.29, 0.717) is 17.9 Å². The summed E-state index contributed by atoms with van der Waals surface area (Å²) in [5.74, 6) is 0.512. The standard InChI is InChI=1S/C23H19BrN2O2S/c1-2-12-28-17-7-5-6-15(13-17)22(27)25-19-11-10-16(24)14-18(19)23-26-20-8-3-4-9-21(20)29-23/h3-11,13-14H,2,12H2,1H3,(H,25,27). The van der Waals surface area contributed by atoms with Gasteiger partial charge in [-0.3, -0.25) is 4.79 Å². The van der Waals surface area contributed by atoms with Crippen LogP contribution in [-0.4, -0.2) is 17.5 Å². The van der Waals surface area contributed by atoms with Gasteiger partial charge >= 0.3 is 0 Å². The smallest absolute Gasteiger partial charge is 0.255 e. The number of ether oxygens (including phenoxy) is 1. The van der Waals surface area contributed by atoms with Crippen LogP contribution in [0.4, 0.5) is 5.69 Å². The number of thiazole rings is 1. The molecule has 0 atom stereocenters. The van der Waals surface area contributed by atoms with Crippen LogP contribution in [-0.2, 0) is 0 Å². The Kier molecular flexibility index (Phi) is 5.92. The molecule has 0 saturated heterocycles. The van der Waals surface area contributed by atoms with E-state index in [2.05, 4.69) is 27.3 Å². The van der Waals surface area contributed by atoms with Gasteiger partial charge in [0.25, 0.3) is 5.91 Å². The van der Waals surface area contributed by atoms with Gasteiger partial charge in [-0.15, -0.1) is 11.3 Å². The molecule has 0 fully saturated rings. The van der Waals surface area contributed by atoms with Crippen molar-refractivity contribution in [3.63, 3.8) is 0 Å². The monoisotopic (exact) mass is 466 g/mol. The summed E-state index contributed by atoms with van der Waals surface area (Å²) in [6, 6.07) is 21.0. The first-order valence-corrected chi connectivity index (χ1v) is 10.9. The third kappa shape index (κ3) is 4.49. The van der Waals surface area contributed by atoms with Crippen molar-refractivity contribution >= 4 is 49.1 Å². The lowest BCUT2D eigenvalue weighted by molar-refractivity contribution is 0.102. The summed E-state index contributed by atoms with van der Waals surface area (Å²) in [6.45, 7) is 2.67. The van der Waals surface area contributed by atoms with Gasteiger partial charge in [0.05, 0.1) is 22.5 Å². The van der Waals surface area contributed by atoms with E-state index < -0.39 is 0 Å². The Morgan fingerprint density at radius 2 is 1.97 bits per heavy atom. The maximum Gasteiger partial charge on any atom is 0.255 e. The number of anilines is 1. The topological polar surface area (TPSA) is 51.2 Å². The van der Waals surface area contributed by atoms with Crippen molar-refractivity contribution in [2.45, 2.75) is 13.3 Å². The maximum atomic E-state index is 12.9. The second-order valence-corrected chi connectivity index (χ2v) is 8.45. The number of rotatable bonds is 6. The molecule has 1 aromatic heterocycles. The largest absolute Gasteiger partial charge is 0.494 e. The number of fused-ring (bicyclic) bond motifs is 1. The summed E-state index contributed by atoms with van der Waals surface area (Å²) in [7, 11) is 0. The van der Waals surface area contributed by atoms with Crippen LogP contribution in [0, 0.1) is 0 Å². The van der Waals surface area contributed by atoms with Gasteiger partial charge in [-0.2, -0.15) is 0 Å². The molecule has 6 heteroatoms. The van der Waals surface area contributed by atoms with Crippen molar-refractivity contribution in [2.24, 2.45) is 0 Å². The molecule has 0 aliphatic rings. The predicted molar refractivity (Wildman–Crippen MR) is 123 cm³/mol. The predicted octanol–water partition coefficient (Wildman–Crippen LogP) is 6.77. The highest BCUT2D eigenvalue weighted by molar-refractivity contribution is 9.10. The highest BCUT2D eigenvalue weighted by Crippen LogP contribution is 2.36. The van der Waals surface area contributed by atoms with Crippen LogP contribution < -0.4 is 10.1 Å². The molecule has 1 heterocycles. The Hall–Kier alpha value is -2.70. The van der Waals surface area contributed by atoms with Crippen molar-refractivity contribution in [3.8, 4) is 16.3 Å². The number of amides is 1. The Balaban J connectivity index is 1.65. The number of carbonyl (C=O) groups excluding carboxylic acids is 1. The Morgan fingerprint density at radius 1 is 1.10 bits per heavy atom. The van der Waals surface area contributed by atoms with Gasteiger partial charge in [-0.1, -0.05) is 41.1 Å². The minimum Gasteiger partial charge on any atom is -0.494 e. The highest BCUT2D eigenvalue weighted by Gasteiger charge is 2.15. The minimum absolute atomic E-state index is 0.184. The zero-order chi connectivity index (χ0) is 20.2. The molecule has 0 bridgehead atoms. The second kappa shape index (κ2) is 8.76. The summed E-state index contributed by atoms with van der Waals surface area (Å²) in [5, 5.41) is 3.90. The molecular weight excluding hydrogens is 448 g/mol. The van der Waals surface area contributed by atoms with Crippen LogP contribution in [0.2, 0.25) is 0 Å². The molecular formula is C23H19BrN2O2S. The summed E-state index contributed by atoms with van der Waals surface area (Å²) < 4.78 is 7.69. The van der Waals surface area contributed by atoms with Crippen molar-refractivity contribution in [1.29, 1.82) is 0 Å². The normalized spacial score (nSPS) is 10.8. The number of hydrogen-bond donors (Lipinski definition) is 1. The number of hydrogen-bond acceptors (Lipinski definition) is 4. The lowest BCUT2D eigenvalue weighted by Crippen LogP contribution is -2.12. The molecule has 4 aromatic rings. The molecule has 0 radical (unpaired) electrons. The van der Waals surface area contributed by atoms with Gasteiger partial charge in [-0.05, 0) is 55.0 Å². The zero-order valence-corrected chi connectivity index (χ0v) is 18.2. The first-order chi connectivity index (χ1) is 14.1. The molecule has 0 spiro atoms. The Bertz CT molecular complexity index is 1140. The Labute approximate surface area is 181 Å². The van der Waals surface area contributed by atoms with E-state index >= 15 is 0 Å². The van der Waals surface area contributed by atoms with Gasteiger partial charge in [0.15, 0.2) is 0 Å². The van der Waals surface area contributed by atoms with E-state index in [1.807, 2.05) is 55.5 Å². The SMILES string of the molecule is CCCOc1cccc(C(=O)Nc2ccc(Br)cc2-c2nc3ccccc3s2)c1. The molecule has 1 amide bonds. The highest BCUT2D eigenvalue weighted by atomic mass is 79.9. The lowest BCUT2D eigenvalue weighted by Gasteiger charge is -2.11. The molecule has 0 unspecified atom stereocenters. The van der Waals surface area contributed by atoms with Gasteiger partial charge in [-0.25, -0.2) is 4.98 Å².